The number of aliphatic hydroxyl groups excluding tert-OH is 1. The molecule has 0 fully saturated rings. The summed E-state index contributed by atoms with van der Waals surface area (Å²) in [5, 5.41) is 17.8. The number of aliphatic carboxylic acids is 1. The molecule has 1 atom stereocenters. The van der Waals surface area contributed by atoms with Crippen molar-refractivity contribution in [1.82, 2.24) is 0 Å². The van der Waals surface area contributed by atoms with Gasteiger partial charge in [-0.25, -0.2) is 9.18 Å². The van der Waals surface area contributed by atoms with E-state index in [-0.39, 0.29) is 5.56 Å². The molecule has 0 amide bonds. The van der Waals surface area contributed by atoms with Gasteiger partial charge < -0.3 is 10.2 Å². The lowest BCUT2D eigenvalue weighted by molar-refractivity contribution is -0.147. The fourth-order valence-electron chi connectivity index (χ4n) is 0.908. The maximum absolute atomic E-state index is 12.9. The van der Waals surface area contributed by atoms with E-state index in [1.54, 1.807) is 0 Å². The van der Waals surface area contributed by atoms with Gasteiger partial charge in [-0.2, -0.15) is 0 Å². The van der Waals surface area contributed by atoms with Gasteiger partial charge in [-0.3, -0.25) is 0 Å². The molecule has 0 radical (unpaired) electrons. The van der Waals surface area contributed by atoms with Crippen LogP contribution in [0.3, 0.4) is 0 Å². The number of benzene rings is 1. The summed E-state index contributed by atoms with van der Waals surface area (Å²) in [5.41, 5.74) is 0.0156. The highest BCUT2D eigenvalue weighted by Crippen LogP contribution is 2.29. The van der Waals surface area contributed by atoms with E-state index in [0.29, 0.717) is 8.04 Å². The highest BCUT2D eigenvalue weighted by Gasteiger charge is 2.20. The molecular formula is C8H5BrFIO3. The normalized spacial score (nSPS) is 12.6. The molecule has 0 bridgehead atoms. The Bertz CT molecular complexity index is 383. The molecular weight excluding hydrogens is 370 g/mol. The van der Waals surface area contributed by atoms with Gasteiger partial charge in [0.1, 0.15) is 5.82 Å². The number of carbonyl (C=O) groups is 1. The molecule has 0 spiro atoms. The largest absolute Gasteiger partial charge is 0.479 e. The zero-order chi connectivity index (χ0) is 10.9. The zero-order valence-electron chi connectivity index (χ0n) is 6.67. The first-order valence-corrected chi connectivity index (χ1v) is 5.36. The molecule has 2 N–H and O–H groups in total. The van der Waals surface area contributed by atoms with E-state index in [9.17, 15) is 14.3 Å². The standard InChI is InChI=1S/C8H5BrFIO3/c9-6-4(7(12)8(13)14)1-3(10)2-5(6)11/h1-2,7,12H,(H,13,14). The van der Waals surface area contributed by atoms with Gasteiger partial charge in [-0.05, 0) is 50.7 Å². The molecule has 0 heterocycles. The number of hydrogen-bond donors (Lipinski definition) is 2. The number of halogens is 3. The third-order valence-electron chi connectivity index (χ3n) is 1.55. The first-order chi connectivity index (χ1) is 6.43. The molecule has 76 valence electrons. The fraction of sp³-hybridized carbons (Fsp3) is 0.125. The summed E-state index contributed by atoms with van der Waals surface area (Å²) in [5.74, 6) is -1.99. The van der Waals surface area contributed by atoms with Crippen LogP contribution in [0.1, 0.15) is 11.7 Å². The summed E-state index contributed by atoms with van der Waals surface area (Å²) in [7, 11) is 0. The molecule has 6 heteroatoms. The maximum atomic E-state index is 12.9. The van der Waals surface area contributed by atoms with Crippen LogP contribution in [0.25, 0.3) is 0 Å². The molecule has 1 unspecified atom stereocenters. The average molecular weight is 375 g/mol. The molecule has 0 aliphatic heterocycles. The third-order valence-corrected chi connectivity index (χ3v) is 4.03. The third kappa shape index (κ3) is 2.43. The molecule has 14 heavy (non-hydrogen) atoms. The van der Waals surface area contributed by atoms with Crippen LogP contribution in [0.2, 0.25) is 0 Å². The summed E-state index contributed by atoms with van der Waals surface area (Å²) in [6, 6.07) is 2.23. The van der Waals surface area contributed by atoms with Gasteiger partial charge in [0.05, 0.1) is 0 Å². The summed E-state index contributed by atoms with van der Waals surface area (Å²) in [6.07, 6.45) is -1.71. The van der Waals surface area contributed by atoms with E-state index in [0.717, 1.165) is 6.07 Å². The molecule has 0 aliphatic carbocycles. The number of aliphatic hydroxyl groups is 1. The Kier molecular flexibility index (Phi) is 3.85. The molecule has 0 saturated heterocycles. The van der Waals surface area contributed by atoms with E-state index in [4.69, 9.17) is 5.11 Å². The molecule has 0 saturated carbocycles. The Balaban J connectivity index is 3.26. The highest BCUT2D eigenvalue weighted by atomic mass is 127. The summed E-state index contributed by atoms with van der Waals surface area (Å²) >= 11 is 4.93. The van der Waals surface area contributed by atoms with Crippen molar-refractivity contribution < 1.29 is 19.4 Å². The van der Waals surface area contributed by atoms with Crippen LogP contribution in [0.5, 0.6) is 0 Å². The van der Waals surface area contributed by atoms with Crippen molar-refractivity contribution in [2.45, 2.75) is 6.10 Å². The van der Waals surface area contributed by atoms with Crippen LogP contribution in [-0.2, 0) is 4.79 Å². The van der Waals surface area contributed by atoms with Crippen molar-refractivity contribution in [2.75, 3.05) is 0 Å². The predicted octanol–water partition coefficient (Wildman–Crippen LogP) is 2.31. The minimum atomic E-state index is -1.71. The van der Waals surface area contributed by atoms with Gasteiger partial charge >= 0.3 is 5.97 Å². The lowest BCUT2D eigenvalue weighted by Crippen LogP contribution is -2.11. The van der Waals surface area contributed by atoms with E-state index in [2.05, 4.69) is 15.9 Å². The maximum Gasteiger partial charge on any atom is 0.337 e. The monoisotopic (exact) mass is 374 g/mol. The Labute approximate surface area is 101 Å². The quantitative estimate of drug-likeness (QED) is 0.617. The van der Waals surface area contributed by atoms with Crippen LogP contribution < -0.4 is 0 Å². The Morgan fingerprint density at radius 1 is 1.57 bits per heavy atom. The average Bonchev–Trinajstić information content (AvgIpc) is 2.09. The number of hydrogen-bond acceptors (Lipinski definition) is 2. The van der Waals surface area contributed by atoms with Gasteiger partial charge in [0, 0.05) is 13.6 Å². The SMILES string of the molecule is O=C(O)C(O)c1cc(F)cc(I)c1Br. The molecule has 0 aromatic heterocycles. The van der Waals surface area contributed by atoms with Crippen molar-refractivity contribution in [3.63, 3.8) is 0 Å². The molecule has 0 aliphatic rings. The van der Waals surface area contributed by atoms with E-state index in [1.165, 1.54) is 6.07 Å². The van der Waals surface area contributed by atoms with Crippen molar-refractivity contribution in [3.8, 4) is 0 Å². The number of carboxylic acid groups (broad SMARTS) is 1. The van der Waals surface area contributed by atoms with Crippen molar-refractivity contribution in [1.29, 1.82) is 0 Å². The molecule has 3 nitrogen and oxygen atoms in total. The van der Waals surface area contributed by atoms with Crippen molar-refractivity contribution in [2.24, 2.45) is 0 Å². The van der Waals surface area contributed by atoms with Crippen LogP contribution in [-0.4, -0.2) is 16.2 Å². The number of rotatable bonds is 2. The lowest BCUT2D eigenvalue weighted by Gasteiger charge is -2.09. The highest BCUT2D eigenvalue weighted by molar-refractivity contribution is 14.1. The van der Waals surface area contributed by atoms with Crippen LogP contribution in [0.15, 0.2) is 16.6 Å². The van der Waals surface area contributed by atoms with E-state index >= 15 is 0 Å². The minimum Gasteiger partial charge on any atom is -0.479 e. The van der Waals surface area contributed by atoms with Gasteiger partial charge in [0.25, 0.3) is 0 Å². The minimum absolute atomic E-state index is 0.0156. The van der Waals surface area contributed by atoms with Gasteiger partial charge in [-0.15, -0.1) is 0 Å². The Morgan fingerprint density at radius 3 is 2.64 bits per heavy atom. The van der Waals surface area contributed by atoms with Crippen molar-refractivity contribution >= 4 is 44.5 Å². The Morgan fingerprint density at radius 2 is 2.14 bits per heavy atom. The van der Waals surface area contributed by atoms with Crippen LogP contribution in [0, 0.1) is 9.39 Å². The zero-order valence-corrected chi connectivity index (χ0v) is 10.4. The second-order valence-corrected chi connectivity index (χ2v) is 4.49. The molecule has 1 aromatic carbocycles. The van der Waals surface area contributed by atoms with Crippen LogP contribution in [0.4, 0.5) is 4.39 Å². The van der Waals surface area contributed by atoms with Gasteiger partial charge in [-0.1, -0.05) is 0 Å². The van der Waals surface area contributed by atoms with Gasteiger partial charge in [0.15, 0.2) is 6.10 Å². The predicted molar refractivity (Wildman–Crippen MR) is 59.4 cm³/mol. The second-order valence-electron chi connectivity index (χ2n) is 2.53. The lowest BCUT2D eigenvalue weighted by atomic mass is 10.1. The van der Waals surface area contributed by atoms with Crippen LogP contribution >= 0.6 is 38.5 Å². The molecule has 1 aromatic rings. The Hall–Kier alpha value is -0.210. The summed E-state index contributed by atoms with van der Waals surface area (Å²) in [4.78, 5) is 10.5. The van der Waals surface area contributed by atoms with Crippen molar-refractivity contribution in [3.05, 3.63) is 31.6 Å². The fourth-order valence-corrected chi connectivity index (χ4v) is 1.96. The van der Waals surface area contributed by atoms with E-state index in [1.807, 2.05) is 22.6 Å². The molecule has 1 rings (SSSR count). The van der Waals surface area contributed by atoms with E-state index < -0.39 is 17.9 Å². The topological polar surface area (TPSA) is 57.5 Å². The van der Waals surface area contributed by atoms with Gasteiger partial charge in [0.2, 0.25) is 0 Å². The smallest absolute Gasteiger partial charge is 0.337 e. The summed E-state index contributed by atoms with van der Waals surface area (Å²) < 4.78 is 13.8. The number of carboxylic acids is 1. The first-order valence-electron chi connectivity index (χ1n) is 3.48. The second kappa shape index (κ2) is 4.54. The first kappa shape index (κ1) is 11.9. The summed E-state index contributed by atoms with van der Waals surface area (Å²) in [6.45, 7) is 0.